The van der Waals surface area contributed by atoms with Crippen LogP contribution in [0.5, 0.6) is 5.75 Å². The molecule has 3 nitrogen and oxygen atoms in total. The van der Waals surface area contributed by atoms with Crippen molar-refractivity contribution >= 4 is 27.5 Å². The minimum Gasteiger partial charge on any atom is -0.496 e. The quantitative estimate of drug-likeness (QED) is 0.707. The minimum absolute atomic E-state index is 0.185. The minimum atomic E-state index is -0.980. The molecule has 0 saturated carbocycles. The Balaban J connectivity index is 2.44. The molecule has 0 aromatic heterocycles. The SMILES string of the molecule is COc1cc2c(ccc3ccccc32)cc1C(=O)O. The molecule has 0 aliphatic carbocycles. The standard InChI is InChI=1S/C16H12O3/c1-19-15-9-13-11(8-14(15)16(17)18)7-6-10-4-2-3-5-12(10)13/h2-9H,1H3,(H,17,18). The summed E-state index contributed by atoms with van der Waals surface area (Å²) in [6.07, 6.45) is 0. The average molecular weight is 252 g/mol. The highest BCUT2D eigenvalue weighted by molar-refractivity contribution is 6.10. The Labute approximate surface area is 110 Å². The van der Waals surface area contributed by atoms with Gasteiger partial charge in [0.05, 0.1) is 7.11 Å². The molecule has 3 heteroatoms. The number of rotatable bonds is 2. The number of hydrogen-bond donors (Lipinski definition) is 1. The molecule has 0 radical (unpaired) electrons. The molecule has 3 rings (SSSR count). The second-order valence-electron chi connectivity index (χ2n) is 4.37. The number of aromatic carboxylic acids is 1. The Bertz CT molecular complexity index is 790. The lowest BCUT2D eigenvalue weighted by molar-refractivity contribution is 0.0693. The third-order valence-electron chi connectivity index (χ3n) is 3.30. The van der Waals surface area contributed by atoms with Gasteiger partial charge in [0.1, 0.15) is 11.3 Å². The van der Waals surface area contributed by atoms with Gasteiger partial charge in [-0.15, -0.1) is 0 Å². The summed E-state index contributed by atoms with van der Waals surface area (Å²) in [6, 6.07) is 15.4. The third kappa shape index (κ3) is 1.80. The normalized spacial score (nSPS) is 10.8. The van der Waals surface area contributed by atoms with Crippen LogP contribution < -0.4 is 4.74 Å². The maximum Gasteiger partial charge on any atom is 0.339 e. The first-order valence-corrected chi connectivity index (χ1v) is 5.93. The Hall–Kier alpha value is -2.55. The lowest BCUT2D eigenvalue weighted by Crippen LogP contribution is -2.00. The van der Waals surface area contributed by atoms with E-state index >= 15 is 0 Å². The number of carboxylic acids is 1. The van der Waals surface area contributed by atoms with Gasteiger partial charge in [-0.25, -0.2) is 4.79 Å². The van der Waals surface area contributed by atoms with Gasteiger partial charge < -0.3 is 9.84 Å². The fraction of sp³-hybridized carbons (Fsp3) is 0.0625. The largest absolute Gasteiger partial charge is 0.496 e. The summed E-state index contributed by atoms with van der Waals surface area (Å²) in [7, 11) is 1.48. The van der Waals surface area contributed by atoms with E-state index in [0.29, 0.717) is 5.75 Å². The van der Waals surface area contributed by atoms with Gasteiger partial charge >= 0.3 is 5.97 Å². The second kappa shape index (κ2) is 4.28. The topological polar surface area (TPSA) is 46.5 Å². The summed E-state index contributed by atoms with van der Waals surface area (Å²) in [5.74, 6) is -0.594. The van der Waals surface area contributed by atoms with E-state index in [4.69, 9.17) is 4.74 Å². The van der Waals surface area contributed by atoms with Crippen molar-refractivity contribution in [2.75, 3.05) is 7.11 Å². The van der Waals surface area contributed by atoms with Gasteiger partial charge in [0, 0.05) is 0 Å². The molecule has 0 atom stereocenters. The molecule has 0 unspecified atom stereocenters. The number of methoxy groups -OCH3 is 1. The molecule has 0 saturated heterocycles. The van der Waals surface area contributed by atoms with Crippen molar-refractivity contribution in [1.29, 1.82) is 0 Å². The molecule has 19 heavy (non-hydrogen) atoms. The van der Waals surface area contributed by atoms with Gasteiger partial charge in [0.25, 0.3) is 0 Å². The Morgan fingerprint density at radius 1 is 1.00 bits per heavy atom. The van der Waals surface area contributed by atoms with Gasteiger partial charge in [-0.05, 0) is 33.7 Å². The van der Waals surface area contributed by atoms with Crippen molar-refractivity contribution in [1.82, 2.24) is 0 Å². The lowest BCUT2D eigenvalue weighted by Gasteiger charge is -2.09. The molecule has 0 fully saturated rings. The van der Waals surface area contributed by atoms with Crippen molar-refractivity contribution in [3.05, 3.63) is 54.1 Å². The lowest BCUT2D eigenvalue weighted by atomic mass is 9.99. The van der Waals surface area contributed by atoms with E-state index < -0.39 is 5.97 Å². The summed E-state index contributed by atoms with van der Waals surface area (Å²) < 4.78 is 5.18. The van der Waals surface area contributed by atoms with Crippen LogP contribution in [0.15, 0.2) is 48.5 Å². The number of benzene rings is 3. The van der Waals surface area contributed by atoms with E-state index in [0.717, 1.165) is 21.5 Å². The summed E-state index contributed by atoms with van der Waals surface area (Å²) in [4.78, 5) is 11.2. The van der Waals surface area contributed by atoms with Crippen molar-refractivity contribution in [2.24, 2.45) is 0 Å². The van der Waals surface area contributed by atoms with E-state index in [1.807, 2.05) is 36.4 Å². The van der Waals surface area contributed by atoms with E-state index in [9.17, 15) is 9.90 Å². The van der Waals surface area contributed by atoms with Crippen LogP contribution in [0.4, 0.5) is 0 Å². The molecule has 0 bridgehead atoms. The Morgan fingerprint density at radius 2 is 1.74 bits per heavy atom. The van der Waals surface area contributed by atoms with Crippen LogP contribution in [0, 0.1) is 0 Å². The number of carbonyl (C=O) groups is 1. The maximum absolute atomic E-state index is 11.2. The van der Waals surface area contributed by atoms with E-state index in [2.05, 4.69) is 0 Å². The zero-order valence-corrected chi connectivity index (χ0v) is 10.4. The molecule has 0 aliphatic heterocycles. The van der Waals surface area contributed by atoms with Gasteiger partial charge in [-0.3, -0.25) is 0 Å². The second-order valence-corrected chi connectivity index (χ2v) is 4.37. The Morgan fingerprint density at radius 3 is 2.47 bits per heavy atom. The molecule has 0 spiro atoms. The van der Waals surface area contributed by atoms with Crippen molar-refractivity contribution in [3.63, 3.8) is 0 Å². The fourth-order valence-electron chi connectivity index (χ4n) is 2.37. The molecular formula is C16H12O3. The van der Waals surface area contributed by atoms with Gasteiger partial charge in [-0.2, -0.15) is 0 Å². The smallest absolute Gasteiger partial charge is 0.339 e. The molecule has 0 amide bonds. The molecule has 0 heterocycles. The molecule has 3 aromatic carbocycles. The fourth-order valence-corrected chi connectivity index (χ4v) is 2.37. The van der Waals surface area contributed by atoms with Gasteiger partial charge in [0.15, 0.2) is 0 Å². The van der Waals surface area contributed by atoms with Crippen LogP contribution in [0.3, 0.4) is 0 Å². The molecule has 0 aliphatic rings. The average Bonchev–Trinajstić information content (AvgIpc) is 2.45. The molecule has 3 aromatic rings. The number of carboxylic acid groups (broad SMARTS) is 1. The highest BCUT2D eigenvalue weighted by Gasteiger charge is 2.13. The first kappa shape index (κ1) is 11.5. The third-order valence-corrected chi connectivity index (χ3v) is 3.30. The molecule has 94 valence electrons. The number of ether oxygens (including phenoxy) is 1. The van der Waals surface area contributed by atoms with Crippen LogP contribution >= 0.6 is 0 Å². The summed E-state index contributed by atoms with van der Waals surface area (Å²) in [5.41, 5.74) is 0.185. The van der Waals surface area contributed by atoms with Crippen LogP contribution in [0.2, 0.25) is 0 Å². The van der Waals surface area contributed by atoms with Crippen LogP contribution in [-0.4, -0.2) is 18.2 Å². The van der Waals surface area contributed by atoms with E-state index in [-0.39, 0.29) is 5.56 Å². The highest BCUT2D eigenvalue weighted by Crippen LogP contribution is 2.31. The predicted molar refractivity (Wildman–Crippen MR) is 75.0 cm³/mol. The summed E-state index contributed by atoms with van der Waals surface area (Å²) in [6.45, 7) is 0. The van der Waals surface area contributed by atoms with Crippen LogP contribution in [0.1, 0.15) is 10.4 Å². The maximum atomic E-state index is 11.2. The highest BCUT2D eigenvalue weighted by atomic mass is 16.5. The van der Waals surface area contributed by atoms with Crippen LogP contribution in [-0.2, 0) is 0 Å². The van der Waals surface area contributed by atoms with Crippen molar-refractivity contribution < 1.29 is 14.6 Å². The van der Waals surface area contributed by atoms with Crippen molar-refractivity contribution in [2.45, 2.75) is 0 Å². The van der Waals surface area contributed by atoms with E-state index in [1.165, 1.54) is 7.11 Å². The summed E-state index contributed by atoms with van der Waals surface area (Å²) >= 11 is 0. The summed E-state index contributed by atoms with van der Waals surface area (Å²) in [5, 5.41) is 13.3. The number of hydrogen-bond acceptors (Lipinski definition) is 2. The zero-order valence-electron chi connectivity index (χ0n) is 10.4. The monoisotopic (exact) mass is 252 g/mol. The first-order chi connectivity index (χ1) is 9.20. The van der Waals surface area contributed by atoms with Gasteiger partial charge in [-0.1, -0.05) is 36.4 Å². The van der Waals surface area contributed by atoms with Crippen molar-refractivity contribution in [3.8, 4) is 5.75 Å². The van der Waals surface area contributed by atoms with Crippen LogP contribution in [0.25, 0.3) is 21.5 Å². The zero-order chi connectivity index (χ0) is 13.4. The Kier molecular flexibility index (Phi) is 2.60. The molecular weight excluding hydrogens is 240 g/mol. The first-order valence-electron chi connectivity index (χ1n) is 5.93. The molecule has 1 N–H and O–H groups in total. The number of fused-ring (bicyclic) bond motifs is 3. The predicted octanol–water partition coefficient (Wildman–Crippen LogP) is 3.70. The van der Waals surface area contributed by atoms with E-state index in [1.54, 1.807) is 12.1 Å². The van der Waals surface area contributed by atoms with Gasteiger partial charge in [0.2, 0.25) is 0 Å².